The molecule has 1 aromatic carbocycles. The van der Waals surface area contributed by atoms with Gasteiger partial charge in [0.15, 0.2) is 6.61 Å². The van der Waals surface area contributed by atoms with Crippen LogP contribution in [-0.4, -0.2) is 12.6 Å². The van der Waals surface area contributed by atoms with Gasteiger partial charge >= 0.3 is 5.97 Å². The van der Waals surface area contributed by atoms with E-state index in [-0.39, 0.29) is 17.9 Å². The van der Waals surface area contributed by atoms with E-state index in [2.05, 4.69) is 15.9 Å². The Morgan fingerprint density at radius 3 is 3.00 bits per heavy atom. The van der Waals surface area contributed by atoms with E-state index in [0.29, 0.717) is 0 Å². The van der Waals surface area contributed by atoms with Crippen LogP contribution in [0.5, 0.6) is 0 Å². The summed E-state index contributed by atoms with van der Waals surface area (Å²) < 4.78 is 4.71. The third-order valence-corrected chi connectivity index (χ3v) is 1.56. The molecule has 0 aliphatic carbocycles. The molecule has 5 heteroatoms. The molecule has 0 saturated heterocycles. The smallest absolute Gasteiger partial charge is 0.339 e. The summed E-state index contributed by atoms with van der Waals surface area (Å²) in [5.74, 6) is 1.57. The summed E-state index contributed by atoms with van der Waals surface area (Å²) in [4.78, 5) is 14.0. The Morgan fingerprint density at radius 2 is 2.33 bits per heavy atom. The molecular formula is C10H7N3O2. The number of carbonyl (C=O) groups excluding carboxylic acids is 1. The van der Waals surface area contributed by atoms with Crippen LogP contribution in [0, 0.1) is 12.3 Å². The highest BCUT2D eigenvalue weighted by Crippen LogP contribution is 2.19. The van der Waals surface area contributed by atoms with Gasteiger partial charge in [-0.15, -0.1) is 6.42 Å². The van der Waals surface area contributed by atoms with Crippen molar-refractivity contribution in [1.82, 2.24) is 0 Å². The lowest BCUT2D eigenvalue weighted by Gasteiger charge is -2.03. The van der Waals surface area contributed by atoms with Crippen LogP contribution in [0.15, 0.2) is 29.4 Å². The summed E-state index contributed by atoms with van der Waals surface area (Å²) in [5.41, 5.74) is 8.70. The zero-order valence-corrected chi connectivity index (χ0v) is 7.75. The fraction of sp³-hybridized carbons (Fsp3) is 0.100. The van der Waals surface area contributed by atoms with Gasteiger partial charge in [0.2, 0.25) is 0 Å². The van der Waals surface area contributed by atoms with Crippen LogP contribution in [0.1, 0.15) is 10.4 Å². The molecule has 0 aromatic heterocycles. The number of carbonyl (C=O) groups is 1. The van der Waals surface area contributed by atoms with Crippen LogP contribution in [0.2, 0.25) is 0 Å². The van der Waals surface area contributed by atoms with Crippen molar-refractivity contribution in [3.05, 3.63) is 40.3 Å². The number of rotatable bonds is 3. The van der Waals surface area contributed by atoms with Crippen molar-refractivity contribution < 1.29 is 9.53 Å². The molecule has 5 nitrogen and oxygen atoms in total. The van der Waals surface area contributed by atoms with Crippen molar-refractivity contribution >= 4 is 11.7 Å². The second-order valence-corrected chi connectivity index (χ2v) is 2.49. The van der Waals surface area contributed by atoms with Crippen LogP contribution in [0.3, 0.4) is 0 Å². The van der Waals surface area contributed by atoms with Gasteiger partial charge in [0.1, 0.15) is 0 Å². The summed E-state index contributed by atoms with van der Waals surface area (Å²) in [5, 5.41) is 3.36. The molecule has 0 N–H and O–H groups in total. The fourth-order valence-corrected chi connectivity index (χ4v) is 0.967. The van der Waals surface area contributed by atoms with E-state index in [1.165, 1.54) is 12.1 Å². The third kappa shape index (κ3) is 2.76. The first-order chi connectivity index (χ1) is 7.29. The summed E-state index contributed by atoms with van der Waals surface area (Å²) in [6.07, 6.45) is 4.94. The summed E-state index contributed by atoms with van der Waals surface area (Å²) in [7, 11) is 0. The first-order valence-corrected chi connectivity index (χ1v) is 4.04. The Hall–Kier alpha value is -2.44. The molecule has 1 aromatic rings. The Morgan fingerprint density at radius 1 is 1.60 bits per heavy atom. The average Bonchev–Trinajstić information content (AvgIpc) is 2.27. The van der Waals surface area contributed by atoms with Gasteiger partial charge in [-0.1, -0.05) is 29.2 Å². The van der Waals surface area contributed by atoms with Crippen LogP contribution < -0.4 is 0 Å². The molecular weight excluding hydrogens is 194 g/mol. The van der Waals surface area contributed by atoms with Crippen LogP contribution in [0.25, 0.3) is 10.4 Å². The van der Waals surface area contributed by atoms with E-state index < -0.39 is 5.97 Å². The number of terminal acetylenes is 1. The van der Waals surface area contributed by atoms with E-state index in [4.69, 9.17) is 16.7 Å². The fourth-order valence-electron chi connectivity index (χ4n) is 0.967. The Balaban J connectivity index is 2.98. The minimum absolute atomic E-state index is 0.108. The van der Waals surface area contributed by atoms with E-state index in [9.17, 15) is 4.79 Å². The van der Waals surface area contributed by atoms with Gasteiger partial charge in [-0.2, -0.15) is 0 Å². The first kappa shape index (κ1) is 10.6. The molecule has 74 valence electrons. The Kier molecular flexibility index (Phi) is 3.78. The second-order valence-electron chi connectivity index (χ2n) is 2.49. The van der Waals surface area contributed by atoms with Gasteiger partial charge in [0, 0.05) is 4.91 Å². The molecule has 0 saturated carbocycles. The van der Waals surface area contributed by atoms with E-state index in [1.807, 2.05) is 0 Å². The Bertz CT molecular complexity index is 456. The maximum atomic E-state index is 11.4. The average molecular weight is 201 g/mol. The summed E-state index contributed by atoms with van der Waals surface area (Å²) in [6, 6.07) is 6.32. The molecule has 0 fully saturated rings. The van der Waals surface area contributed by atoms with Crippen molar-refractivity contribution in [3.63, 3.8) is 0 Å². The first-order valence-electron chi connectivity index (χ1n) is 4.04. The summed E-state index contributed by atoms with van der Waals surface area (Å²) >= 11 is 0. The molecule has 1 rings (SSSR count). The van der Waals surface area contributed by atoms with Gasteiger partial charge in [-0.3, -0.25) is 0 Å². The highest BCUT2D eigenvalue weighted by atomic mass is 16.5. The van der Waals surface area contributed by atoms with Gasteiger partial charge in [-0.05, 0) is 11.6 Å². The number of azide groups is 1. The molecule has 0 heterocycles. The zero-order chi connectivity index (χ0) is 11.1. The lowest BCUT2D eigenvalue weighted by molar-refractivity contribution is 0.0558. The molecule has 15 heavy (non-hydrogen) atoms. The highest BCUT2D eigenvalue weighted by Gasteiger charge is 2.10. The Labute approximate surface area is 86.3 Å². The highest BCUT2D eigenvalue weighted by molar-refractivity contribution is 5.94. The molecule has 0 aliphatic rings. The minimum Gasteiger partial charge on any atom is -0.449 e. The SMILES string of the molecule is C#CCOC(=O)c1ccccc1N=[N+]=[N-]. The van der Waals surface area contributed by atoms with Gasteiger partial charge in [0.05, 0.1) is 11.3 Å². The predicted octanol–water partition coefficient (Wildman–Crippen LogP) is 2.42. The molecule has 0 aliphatic heterocycles. The lowest BCUT2D eigenvalue weighted by atomic mass is 10.2. The topological polar surface area (TPSA) is 75.1 Å². The van der Waals surface area contributed by atoms with Crippen LogP contribution >= 0.6 is 0 Å². The predicted molar refractivity (Wildman–Crippen MR) is 54.4 cm³/mol. The molecule has 0 atom stereocenters. The van der Waals surface area contributed by atoms with Crippen molar-refractivity contribution in [2.75, 3.05) is 6.61 Å². The monoisotopic (exact) mass is 201 g/mol. The van der Waals surface area contributed by atoms with E-state index >= 15 is 0 Å². The molecule has 0 unspecified atom stereocenters. The molecule has 0 bridgehead atoms. The normalized spacial score (nSPS) is 8.47. The van der Waals surface area contributed by atoms with E-state index in [1.54, 1.807) is 12.1 Å². The number of ether oxygens (including phenoxy) is 1. The van der Waals surface area contributed by atoms with Crippen molar-refractivity contribution in [2.45, 2.75) is 0 Å². The summed E-state index contributed by atoms with van der Waals surface area (Å²) in [6.45, 7) is -0.108. The number of hydrogen-bond acceptors (Lipinski definition) is 3. The number of esters is 1. The quantitative estimate of drug-likeness (QED) is 0.247. The lowest BCUT2D eigenvalue weighted by Crippen LogP contribution is -2.05. The van der Waals surface area contributed by atoms with Crippen molar-refractivity contribution in [1.29, 1.82) is 0 Å². The van der Waals surface area contributed by atoms with Gasteiger partial charge in [-0.25, -0.2) is 4.79 Å². The molecule has 0 amide bonds. The van der Waals surface area contributed by atoms with Crippen molar-refractivity contribution in [3.8, 4) is 12.3 Å². The standard InChI is InChI=1S/C10H7N3O2/c1-2-7-15-10(14)8-5-3-4-6-9(8)12-13-11/h1,3-6H,7H2. The third-order valence-electron chi connectivity index (χ3n) is 1.56. The number of nitrogens with zero attached hydrogens (tertiary/aromatic N) is 3. The maximum absolute atomic E-state index is 11.4. The van der Waals surface area contributed by atoms with Crippen LogP contribution in [-0.2, 0) is 4.74 Å². The zero-order valence-electron chi connectivity index (χ0n) is 7.75. The maximum Gasteiger partial charge on any atom is 0.339 e. The second kappa shape index (κ2) is 5.32. The largest absolute Gasteiger partial charge is 0.449 e. The number of benzene rings is 1. The van der Waals surface area contributed by atoms with Crippen molar-refractivity contribution in [2.24, 2.45) is 5.11 Å². The number of hydrogen-bond donors (Lipinski definition) is 0. The minimum atomic E-state index is -0.601. The van der Waals surface area contributed by atoms with Gasteiger partial charge < -0.3 is 4.74 Å². The molecule has 0 spiro atoms. The van der Waals surface area contributed by atoms with Gasteiger partial charge in [0.25, 0.3) is 0 Å². The van der Waals surface area contributed by atoms with E-state index in [0.717, 1.165) is 0 Å². The van der Waals surface area contributed by atoms with Crippen LogP contribution in [0.4, 0.5) is 5.69 Å². The molecule has 0 radical (unpaired) electrons.